The number of hydrogen-bond donors (Lipinski definition) is 2. The van der Waals surface area contributed by atoms with Crippen LogP contribution < -0.4 is 10.6 Å². The van der Waals surface area contributed by atoms with Crippen molar-refractivity contribution in [3.8, 4) is 10.7 Å². The summed E-state index contributed by atoms with van der Waals surface area (Å²) in [4.78, 5) is 20.8. The summed E-state index contributed by atoms with van der Waals surface area (Å²) < 4.78 is 0. The highest BCUT2D eigenvalue weighted by Crippen LogP contribution is 2.21. The van der Waals surface area contributed by atoms with Crippen LogP contribution in [0.3, 0.4) is 0 Å². The molecule has 3 heterocycles. The molecule has 1 saturated heterocycles. The Morgan fingerprint density at radius 3 is 3.17 bits per heavy atom. The zero-order valence-corrected chi connectivity index (χ0v) is 13.9. The highest BCUT2D eigenvalue weighted by atomic mass is 32.1. The number of thiazole rings is 1. The molecule has 0 saturated carbocycles. The van der Waals surface area contributed by atoms with Gasteiger partial charge in [-0.3, -0.25) is 9.78 Å². The Balaban J connectivity index is 1.44. The molecule has 1 amide bonds. The maximum Gasteiger partial charge on any atom is 0.226 e. The fourth-order valence-corrected chi connectivity index (χ4v) is 3.60. The molecule has 6 heteroatoms. The molecule has 2 aromatic heterocycles. The van der Waals surface area contributed by atoms with Crippen LogP contribution in [0.25, 0.3) is 10.7 Å². The standard InChI is InChI=1S/C17H22N4OS/c22-16(20-9-6-13-4-3-7-18-11-13)10-14-12-23-17(21-14)15-5-1-2-8-19-15/h1-2,5,8,12-13,18H,3-4,6-7,9-11H2,(H,20,22). The Morgan fingerprint density at radius 2 is 2.39 bits per heavy atom. The van der Waals surface area contributed by atoms with Gasteiger partial charge in [0, 0.05) is 18.1 Å². The second-order valence-electron chi connectivity index (χ2n) is 5.89. The third kappa shape index (κ3) is 4.84. The van der Waals surface area contributed by atoms with E-state index in [2.05, 4.69) is 20.6 Å². The van der Waals surface area contributed by atoms with Crippen LogP contribution in [0, 0.1) is 5.92 Å². The molecule has 1 aliphatic rings. The van der Waals surface area contributed by atoms with Crippen molar-refractivity contribution < 1.29 is 4.79 Å². The van der Waals surface area contributed by atoms with Crippen molar-refractivity contribution in [1.29, 1.82) is 0 Å². The van der Waals surface area contributed by atoms with Gasteiger partial charge in [-0.05, 0) is 50.4 Å². The van der Waals surface area contributed by atoms with E-state index >= 15 is 0 Å². The first-order valence-corrected chi connectivity index (χ1v) is 9.02. The van der Waals surface area contributed by atoms with Gasteiger partial charge in [0.25, 0.3) is 0 Å². The van der Waals surface area contributed by atoms with Crippen molar-refractivity contribution >= 4 is 17.2 Å². The van der Waals surface area contributed by atoms with Gasteiger partial charge in [0.2, 0.25) is 5.91 Å². The molecule has 2 N–H and O–H groups in total. The minimum Gasteiger partial charge on any atom is -0.356 e. The maximum atomic E-state index is 12.0. The number of nitrogens with one attached hydrogen (secondary N) is 2. The molecular weight excluding hydrogens is 308 g/mol. The lowest BCUT2D eigenvalue weighted by molar-refractivity contribution is -0.120. The number of carbonyl (C=O) groups is 1. The molecule has 0 aromatic carbocycles. The van der Waals surface area contributed by atoms with Crippen molar-refractivity contribution in [2.24, 2.45) is 5.92 Å². The third-order valence-corrected chi connectivity index (χ3v) is 4.96. The minimum atomic E-state index is 0.0478. The van der Waals surface area contributed by atoms with Gasteiger partial charge >= 0.3 is 0 Å². The molecule has 0 radical (unpaired) electrons. The van der Waals surface area contributed by atoms with Crippen molar-refractivity contribution in [3.05, 3.63) is 35.5 Å². The average molecular weight is 330 g/mol. The average Bonchev–Trinajstić information content (AvgIpc) is 3.05. The lowest BCUT2D eigenvalue weighted by atomic mass is 9.96. The summed E-state index contributed by atoms with van der Waals surface area (Å²) >= 11 is 1.53. The summed E-state index contributed by atoms with van der Waals surface area (Å²) in [5.41, 5.74) is 1.67. The monoisotopic (exact) mass is 330 g/mol. The number of hydrogen-bond acceptors (Lipinski definition) is 5. The first-order chi connectivity index (χ1) is 11.3. The van der Waals surface area contributed by atoms with E-state index in [-0.39, 0.29) is 5.91 Å². The van der Waals surface area contributed by atoms with Crippen molar-refractivity contribution in [3.63, 3.8) is 0 Å². The molecule has 1 fully saturated rings. The molecular formula is C17H22N4OS. The third-order valence-electron chi connectivity index (χ3n) is 4.05. The normalized spacial score (nSPS) is 17.8. The van der Waals surface area contributed by atoms with Crippen LogP contribution in [-0.2, 0) is 11.2 Å². The largest absolute Gasteiger partial charge is 0.356 e. The van der Waals surface area contributed by atoms with Crippen LogP contribution >= 0.6 is 11.3 Å². The summed E-state index contributed by atoms with van der Waals surface area (Å²) in [7, 11) is 0. The van der Waals surface area contributed by atoms with E-state index in [1.807, 2.05) is 23.6 Å². The van der Waals surface area contributed by atoms with E-state index in [0.717, 1.165) is 42.5 Å². The Morgan fingerprint density at radius 1 is 1.43 bits per heavy atom. The van der Waals surface area contributed by atoms with E-state index in [0.29, 0.717) is 12.3 Å². The SMILES string of the molecule is O=C(Cc1csc(-c2ccccn2)n1)NCCC1CCCNC1. The fourth-order valence-electron chi connectivity index (χ4n) is 2.81. The molecule has 3 rings (SSSR count). The van der Waals surface area contributed by atoms with Crippen LogP contribution in [0.4, 0.5) is 0 Å². The van der Waals surface area contributed by atoms with Crippen molar-refractivity contribution in [1.82, 2.24) is 20.6 Å². The molecule has 0 spiro atoms. The molecule has 23 heavy (non-hydrogen) atoms. The predicted octanol–water partition coefficient (Wildman–Crippen LogP) is 2.25. The topological polar surface area (TPSA) is 66.9 Å². The van der Waals surface area contributed by atoms with Crippen LogP contribution in [-0.4, -0.2) is 35.5 Å². The number of carbonyl (C=O) groups excluding carboxylic acids is 1. The van der Waals surface area contributed by atoms with Gasteiger partial charge in [-0.2, -0.15) is 0 Å². The molecule has 2 aromatic rings. The molecule has 0 aliphatic carbocycles. The molecule has 0 bridgehead atoms. The lowest BCUT2D eigenvalue weighted by Crippen LogP contribution is -2.33. The van der Waals surface area contributed by atoms with Crippen LogP contribution in [0.2, 0.25) is 0 Å². The first-order valence-electron chi connectivity index (χ1n) is 8.14. The van der Waals surface area contributed by atoms with Gasteiger partial charge in [-0.1, -0.05) is 6.07 Å². The van der Waals surface area contributed by atoms with Crippen LogP contribution in [0.15, 0.2) is 29.8 Å². The number of amides is 1. The van der Waals surface area contributed by atoms with E-state index < -0.39 is 0 Å². The summed E-state index contributed by atoms with van der Waals surface area (Å²) in [6, 6.07) is 5.75. The Hall–Kier alpha value is -1.79. The highest BCUT2D eigenvalue weighted by molar-refractivity contribution is 7.13. The van der Waals surface area contributed by atoms with Crippen molar-refractivity contribution in [2.45, 2.75) is 25.7 Å². The van der Waals surface area contributed by atoms with Crippen molar-refractivity contribution in [2.75, 3.05) is 19.6 Å². The number of rotatable bonds is 6. The van der Waals surface area contributed by atoms with Gasteiger partial charge in [-0.25, -0.2) is 4.98 Å². The zero-order valence-electron chi connectivity index (χ0n) is 13.1. The first kappa shape index (κ1) is 16.1. The summed E-state index contributed by atoms with van der Waals surface area (Å²) in [6.45, 7) is 2.96. The molecule has 1 aliphatic heterocycles. The number of nitrogens with zero attached hydrogens (tertiary/aromatic N) is 2. The zero-order chi connectivity index (χ0) is 15.9. The molecule has 122 valence electrons. The second-order valence-corrected chi connectivity index (χ2v) is 6.74. The summed E-state index contributed by atoms with van der Waals surface area (Å²) in [6.07, 6.45) is 5.65. The second kappa shape index (κ2) is 8.17. The molecule has 5 nitrogen and oxygen atoms in total. The Kier molecular flexibility index (Phi) is 5.71. The Bertz CT molecular complexity index is 623. The number of pyridine rings is 1. The smallest absolute Gasteiger partial charge is 0.226 e. The number of piperidine rings is 1. The summed E-state index contributed by atoms with van der Waals surface area (Å²) in [5.74, 6) is 0.741. The van der Waals surface area contributed by atoms with Crippen LogP contribution in [0.5, 0.6) is 0 Å². The van der Waals surface area contributed by atoms with Gasteiger partial charge in [-0.15, -0.1) is 11.3 Å². The summed E-state index contributed by atoms with van der Waals surface area (Å²) in [5, 5.41) is 9.22. The predicted molar refractivity (Wildman–Crippen MR) is 92.3 cm³/mol. The maximum absolute atomic E-state index is 12.0. The van der Waals surface area contributed by atoms with E-state index in [1.165, 1.54) is 24.2 Å². The van der Waals surface area contributed by atoms with Gasteiger partial charge < -0.3 is 10.6 Å². The minimum absolute atomic E-state index is 0.0478. The number of aromatic nitrogens is 2. The van der Waals surface area contributed by atoms with E-state index in [9.17, 15) is 4.79 Å². The fraction of sp³-hybridized carbons (Fsp3) is 0.471. The van der Waals surface area contributed by atoms with Gasteiger partial charge in [0.05, 0.1) is 17.8 Å². The van der Waals surface area contributed by atoms with Crippen LogP contribution in [0.1, 0.15) is 25.0 Å². The quantitative estimate of drug-likeness (QED) is 0.852. The van der Waals surface area contributed by atoms with Gasteiger partial charge in [0.1, 0.15) is 5.01 Å². The Labute approximate surface area is 140 Å². The highest BCUT2D eigenvalue weighted by Gasteiger charge is 2.13. The van der Waals surface area contributed by atoms with Gasteiger partial charge in [0.15, 0.2) is 0 Å². The molecule has 1 atom stereocenters. The van der Waals surface area contributed by atoms with E-state index in [1.54, 1.807) is 6.20 Å². The van der Waals surface area contributed by atoms with E-state index in [4.69, 9.17) is 0 Å². The molecule has 1 unspecified atom stereocenters. The lowest BCUT2D eigenvalue weighted by Gasteiger charge is -2.22.